The number of primary amides is 1. The zero-order valence-electron chi connectivity index (χ0n) is 10.4. The molecule has 2 rings (SSSR count). The molecular formula is C13H14N4O2. The molecule has 0 bridgehead atoms. The number of amides is 1. The van der Waals surface area contributed by atoms with Gasteiger partial charge in [0.2, 0.25) is 0 Å². The fraction of sp³-hybridized carbons (Fsp3) is 0.0769. The van der Waals surface area contributed by atoms with Crippen molar-refractivity contribution in [1.82, 2.24) is 4.98 Å². The first-order chi connectivity index (χ1) is 9.11. The van der Waals surface area contributed by atoms with Gasteiger partial charge in [0.15, 0.2) is 0 Å². The number of nitrogen functional groups attached to an aromatic ring is 1. The molecule has 1 heterocycles. The number of para-hydroxylation sites is 2. The van der Waals surface area contributed by atoms with Crippen LogP contribution in [0.4, 0.5) is 17.2 Å². The van der Waals surface area contributed by atoms with Crippen LogP contribution in [0.1, 0.15) is 10.4 Å². The number of hydrogen-bond donors (Lipinski definition) is 3. The number of carbonyl (C=O) groups is 1. The molecule has 1 aromatic carbocycles. The fourth-order valence-electron chi connectivity index (χ4n) is 1.64. The molecule has 98 valence electrons. The number of pyridine rings is 1. The predicted octanol–water partition coefficient (Wildman–Crippen LogP) is 1.51. The number of nitrogens with one attached hydrogen (secondary N) is 1. The quantitative estimate of drug-likeness (QED) is 0.771. The average Bonchev–Trinajstić information content (AvgIpc) is 2.41. The molecule has 0 aliphatic carbocycles. The summed E-state index contributed by atoms with van der Waals surface area (Å²) in [6.45, 7) is 0. The van der Waals surface area contributed by atoms with Crippen LogP contribution in [0.5, 0.6) is 5.75 Å². The van der Waals surface area contributed by atoms with Crippen molar-refractivity contribution in [1.29, 1.82) is 0 Å². The molecular weight excluding hydrogens is 244 g/mol. The van der Waals surface area contributed by atoms with Crippen LogP contribution < -0.4 is 21.5 Å². The first-order valence-corrected chi connectivity index (χ1v) is 5.57. The Morgan fingerprint density at radius 1 is 1.37 bits per heavy atom. The van der Waals surface area contributed by atoms with Gasteiger partial charge in [-0.3, -0.25) is 4.79 Å². The van der Waals surface area contributed by atoms with E-state index in [0.29, 0.717) is 22.9 Å². The van der Waals surface area contributed by atoms with Gasteiger partial charge in [0.1, 0.15) is 11.6 Å². The lowest BCUT2D eigenvalue weighted by Crippen LogP contribution is -2.15. The van der Waals surface area contributed by atoms with E-state index in [1.807, 2.05) is 18.2 Å². The van der Waals surface area contributed by atoms with E-state index in [1.165, 1.54) is 12.3 Å². The molecule has 0 unspecified atom stereocenters. The van der Waals surface area contributed by atoms with Crippen LogP contribution in [0.25, 0.3) is 0 Å². The second-order valence-electron chi connectivity index (χ2n) is 3.85. The maximum Gasteiger partial charge on any atom is 0.252 e. The third-order valence-electron chi connectivity index (χ3n) is 2.53. The van der Waals surface area contributed by atoms with Crippen molar-refractivity contribution in [3.63, 3.8) is 0 Å². The highest BCUT2D eigenvalue weighted by Gasteiger charge is 2.12. The van der Waals surface area contributed by atoms with Crippen molar-refractivity contribution < 1.29 is 9.53 Å². The van der Waals surface area contributed by atoms with Gasteiger partial charge in [0.25, 0.3) is 5.91 Å². The minimum Gasteiger partial charge on any atom is -0.495 e. The second-order valence-corrected chi connectivity index (χ2v) is 3.85. The molecule has 1 amide bonds. The van der Waals surface area contributed by atoms with Crippen molar-refractivity contribution >= 4 is 23.1 Å². The normalized spacial score (nSPS) is 9.95. The molecule has 19 heavy (non-hydrogen) atoms. The number of benzene rings is 1. The molecule has 0 aliphatic rings. The highest BCUT2D eigenvalue weighted by Crippen LogP contribution is 2.27. The Balaban J connectivity index is 2.41. The Kier molecular flexibility index (Phi) is 3.51. The van der Waals surface area contributed by atoms with E-state index in [0.717, 1.165) is 0 Å². The Labute approximate surface area is 110 Å². The molecule has 1 aromatic heterocycles. The summed E-state index contributed by atoms with van der Waals surface area (Å²) in [6, 6.07) is 8.76. The topological polar surface area (TPSA) is 103 Å². The lowest BCUT2D eigenvalue weighted by molar-refractivity contribution is 0.100. The van der Waals surface area contributed by atoms with Gasteiger partial charge in [-0.1, -0.05) is 12.1 Å². The third-order valence-corrected chi connectivity index (χ3v) is 2.53. The van der Waals surface area contributed by atoms with E-state index < -0.39 is 5.91 Å². The number of nitrogens with zero attached hydrogens (tertiary/aromatic N) is 1. The standard InChI is InChI=1S/C13H14N4O2/c1-19-11-5-3-2-4-10(11)17-13-9(12(15)18)6-8(14)7-16-13/h2-7H,14H2,1H3,(H2,15,18)(H,16,17). The number of ether oxygens (including phenoxy) is 1. The van der Waals surface area contributed by atoms with Gasteiger partial charge >= 0.3 is 0 Å². The fourth-order valence-corrected chi connectivity index (χ4v) is 1.64. The monoisotopic (exact) mass is 258 g/mol. The van der Waals surface area contributed by atoms with Crippen LogP contribution in [0.15, 0.2) is 36.5 Å². The second kappa shape index (κ2) is 5.26. The summed E-state index contributed by atoms with van der Waals surface area (Å²) in [7, 11) is 1.56. The molecule has 0 saturated carbocycles. The van der Waals surface area contributed by atoms with Crippen LogP contribution in [-0.2, 0) is 0 Å². The highest BCUT2D eigenvalue weighted by atomic mass is 16.5. The highest BCUT2D eigenvalue weighted by molar-refractivity contribution is 5.99. The van der Waals surface area contributed by atoms with Crippen LogP contribution in [0.3, 0.4) is 0 Å². The number of carbonyl (C=O) groups excluding carboxylic acids is 1. The van der Waals surface area contributed by atoms with E-state index in [-0.39, 0.29) is 5.56 Å². The smallest absolute Gasteiger partial charge is 0.252 e. The maximum atomic E-state index is 11.4. The number of nitrogens with two attached hydrogens (primary N) is 2. The van der Waals surface area contributed by atoms with Crippen molar-refractivity contribution in [3.8, 4) is 5.75 Å². The molecule has 6 nitrogen and oxygen atoms in total. The van der Waals surface area contributed by atoms with Gasteiger partial charge in [-0.2, -0.15) is 0 Å². The Hall–Kier alpha value is -2.76. The van der Waals surface area contributed by atoms with Crippen LogP contribution in [-0.4, -0.2) is 18.0 Å². The van der Waals surface area contributed by atoms with Gasteiger partial charge in [0.05, 0.1) is 30.2 Å². The summed E-state index contributed by atoms with van der Waals surface area (Å²) in [4.78, 5) is 15.5. The summed E-state index contributed by atoms with van der Waals surface area (Å²) in [5.41, 5.74) is 12.2. The Morgan fingerprint density at radius 3 is 2.79 bits per heavy atom. The van der Waals surface area contributed by atoms with Crippen LogP contribution >= 0.6 is 0 Å². The molecule has 5 N–H and O–H groups in total. The van der Waals surface area contributed by atoms with Crippen molar-refractivity contribution in [2.24, 2.45) is 5.73 Å². The van der Waals surface area contributed by atoms with Gasteiger partial charge < -0.3 is 21.5 Å². The predicted molar refractivity (Wildman–Crippen MR) is 73.4 cm³/mol. The summed E-state index contributed by atoms with van der Waals surface area (Å²) in [5, 5.41) is 3.01. The third kappa shape index (κ3) is 2.74. The van der Waals surface area contributed by atoms with E-state index in [4.69, 9.17) is 16.2 Å². The Bertz CT molecular complexity index is 613. The first kappa shape index (κ1) is 12.7. The van der Waals surface area contributed by atoms with Crippen LogP contribution in [0.2, 0.25) is 0 Å². The van der Waals surface area contributed by atoms with Crippen molar-refractivity contribution in [3.05, 3.63) is 42.1 Å². The van der Waals surface area contributed by atoms with Gasteiger partial charge in [-0.05, 0) is 18.2 Å². The molecule has 0 fully saturated rings. The van der Waals surface area contributed by atoms with Crippen LogP contribution in [0, 0.1) is 0 Å². The van der Waals surface area contributed by atoms with E-state index in [1.54, 1.807) is 13.2 Å². The number of methoxy groups -OCH3 is 1. The number of anilines is 3. The lowest BCUT2D eigenvalue weighted by Gasteiger charge is -2.12. The maximum absolute atomic E-state index is 11.4. The number of rotatable bonds is 4. The number of hydrogen-bond acceptors (Lipinski definition) is 5. The largest absolute Gasteiger partial charge is 0.495 e. The summed E-state index contributed by atoms with van der Waals surface area (Å²) >= 11 is 0. The van der Waals surface area contributed by atoms with Crippen molar-refractivity contribution in [2.45, 2.75) is 0 Å². The van der Waals surface area contributed by atoms with Crippen molar-refractivity contribution in [2.75, 3.05) is 18.2 Å². The summed E-state index contributed by atoms with van der Waals surface area (Å²) in [5.74, 6) is 0.375. The first-order valence-electron chi connectivity index (χ1n) is 5.57. The lowest BCUT2D eigenvalue weighted by atomic mass is 10.2. The zero-order chi connectivity index (χ0) is 13.8. The zero-order valence-corrected chi connectivity index (χ0v) is 10.4. The molecule has 0 radical (unpaired) electrons. The summed E-state index contributed by atoms with van der Waals surface area (Å²) < 4.78 is 5.21. The average molecular weight is 258 g/mol. The van der Waals surface area contributed by atoms with Gasteiger partial charge in [-0.25, -0.2) is 4.98 Å². The van der Waals surface area contributed by atoms with Gasteiger partial charge in [-0.15, -0.1) is 0 Å². The number of aromatic nitrogens is 1. The SMILES string of the molecule is COc1ccccc1Nc1ncc(N)cc1C(N)=O. The molecule has 0 aliphatic heterocycles. The molecule has 0 saturated heterocycles. The van der Waals surface area contributed by atoms with E-state index in [2.05, 4.69) is 10.3 Å². The molecule has 2 aromatic rings. The minimum absolute atomic E-state index is 0.228. The van der Waals surface area contributed by atoms with E-state index >= 15 is 0 Å². The molecule has 0 spiro atoms. The molecule has 0 atom stereocenters. The summed E-state index contributed by atoms with van der Waals surface area (Å²) in [6.07, 6.45) is 1.45. The van der Waals surface area contributed by atoms with E-state index in [9.17, 15) is 4.79 Å². The Morgan fingerprint density at radius 2 is 2.11 bits per heavy atom. The van der Waals surface area contributed by atoms with Gasteiger partial charge in [0, 0.05) is 0 Å². The molecule has 6 heteroatoms. The minimum atomic E-state index is -0.600.